The van der Waals surface area contributed by atoms with Gasteiger partial charge < -0.3 is 9.47 Å². The smallest absolute Gasteiger partial charge is 0.337 e. The fourth-order valence-corrected chi connectivity index (χ4v) is 1.06. The minimum absolute atomic E-state index is 0.286. The highest BCUT2D eigenvalue weighted by Gasteiger charge is 2.05. The number of carbonyl (C=O) groups excluding carboxylic acids is 1. The van der Waals surface area contributed by atoms with E-state index in [1.807, 2.05) is 30.3 Å². The summed E-state index contributed by atoms with van der Waals surface area (Å²) < 4.78 is 9.77. The highest BCUT2D eigenvalue weighted by molar-refractivity contribution is 5.87. The van der Waals surface area contributed by atoms with E-state index in [2.05, 4.69) is 0 Å². The summed E-state index contributed by atoms with van der Waals surface area (Å²) in [5.41, 5.74) is 1.42. The third-order valence-corrected chi connectivity index (χ3v) is 1.83. The van der Waals surface area contributed by atoms with E-state index in [4.69, 9.17) is 9.47 Å². The molecular weight excluding hydrogens is 192 g/mol. The van der Waals surface area contributed by atoms with Crippen LogP contribution in [0.15, 0.2) is 42.2 Å². The first-order valence-electron chi connectivity index (χ1n) is 4.64. The lowest BCUT2D eigenvalue weighted by atomic mass is 10.2. The Hall–Kier alpha value is -1.77. The molecule has 80 valence electrons. The molecule has 1 aromatic rings. The van der Waals surface area contributed by atoms with Crippen LogP contribution in [0.2, 0.25) is 0 Å². The van der Waals surface area contributed by atoms with Crippen molar-refractivity contribution in [3.05, 3.63) is 47.7 Å². The molecule has 0 aliphatic rings. The molecule has 0 bridgehead atoms. The SMILES string of the molecule is COC=C(C)C(=O)OCc1ccccc1. The number of hydrogen-bond acceptors (Lipinski definition) is 3. The van der Waals surface area contributed by atoms with Gasteiger partial charge in [-0.3, -0.25) is 0 Å². The molecule has 0 saturated carbocycles. The van der Waals surface area contributed by atoms with Crippen LogP contribution < -0.4 is 0 Å². The van der Waals surface area contributed by atoms with Crippen molar-refractivity contribution >= 4 is 5.97 Å². The summed E-state index contributed by atoms with van der Waals surface area (Å²) in [4.78, 5) is 11.3. The average Bonchev–Trinajstić information content (AvgIpc) is 2.27. The predicted molar refractivity (Wildman–Crippen MR) is 57.0 cm³/mol. The molecule has 0 aliphatic carbocycles. The van der Waals surface area contributed by atoms with Crippen molar-refractivity contribution in [2.45, 2.75) is 13.5 Å². The third-order valence-electron chi connectivity index (χ3n) is 1.83. The van der Waals surface area contributed by atoms with Crippen molar-refractivity contribution < 1.29 is 14.3 Å². The van der Waals surface area contributed by atoms with Crippen molar-refractivity contribution in [3.8, 4) is 0 Å². The molecule has 0 amide bonds. The van der Waals surface area contributed by atoms with Crippen molar-refractivity contribution in [2.24, 2.45) is 0 Å². The van der Waals surface area contributed by atoms with Gasteiger partial charge in [0.15, 0.2) is 0 Å². The molecule has 15 heavy (non-hydrogen) atoms. The Morgan fingerprint density at radius 1 is 1.33 bits per heavy atom. The van der Waals surface area contributed by atoms with Crippen LogP contribution >= 0.6 is 0 Å². The van der Waals surface area contributed by atoms with Gasteiger partial charge in [-0.05, 0) is 12.5 Å². The van der Waals surface area contributed by atoms with Crippen LogP contribution in [0, 0.1) is 0 Å². The number of rotatable bonds is 4. The van der Waals surface area contributed by atoms with Gasteiger partial charge in [0.2, 0.25) is 0 Å². The van der Waals surface area contributed by atoms with Crippen LogP contribution in [-0.2, 0) is 20.9 Å². The number of carbonyl (C=O) groups is 1. The normalized spacial score (nSPS) is 10.9. The van der Waals surface area contributed by atoms with E-state index in [9.17, 15) is 4.79 Å². The van der Waals surface area contributed by atoms with E-state index in [-0.39, 0.29) is 12.6 Å². The highest BCUT2D eigenvalue weighted by Crippen LogP contribution is 2.03. The van der Waals surface area contributed by atoms with Crippen molar-refractivity contribution in [1.29, 1.82) is 0 Å². The molecule has 0 radical (unpaired) electrons. The number of hydrogen-bond donors (Lipinski definition) is 0. The summed E-state index contributed by atoms with van der Waals surface area (Å²) in [6, 6.07) is 9.54. The number of esters is 1. The van der Waals surface area contributed by atoms with E-state index < -0.39 is 0 Å². The lowest BCUT2D eigenvalue weighted by Gasteiger charge is -2.04. The van der Waals surface area contributed by atoms with Crippen LogP contribution in [0.25, 0.3) is 0 Å². The van der Waals surface area contributed by atoms with Gasteiger partial charge in [-0.15, -0.1) is 0 Å². The number of ether oxygens (including phenoxy) is 2. The zero-order chi connectivity index (χ0) is 11.1. The fraction of sp³-hybridized carbons (Fsp3) is 0.250. The van der Waals surface area contributed by atoms with E-state index >= 15 is 0 Å². The zero-order valence-electron chi connectivity index (χ0n) is 8.90. The summed E-state index contributed by atoms with van der Waals surface area (Å²) in [5.74, 6) is -0.360. The van der Waals surface area contributed by atoms with Crippen molar-refractivity contribution in [1.82, 2.24) is 0 Å². The van der Waals surface area contributed by atoms with Gasteiger partial charge >= 0.3 is 5.97 Å². The van der Waals surface area contributed by atoms with Gasteiger partial charge in [-0.1, -0.05) is 30.3 Å². The minimum atomic E-state index is -0.360. The Labute approximate surface area is 89.3 Å². The molecule has 0 unspecified atom stereocenters. The zero-order valence-corrected chi connectivity index (χ0v) is 8.90. The summed E-state index contributed by atoms with van der Waals surface area (Å²) in [7, 11) is 1.49. The predicted octanol–water partition coefficient (Wildman–Crippen LogP) is 2.28. The maximum absolute atomic E-state index is 11.3. The van der Waals surface area contributed by atoms with E-state index in [0.29, 0.717) is 5.57 Å². The quantitative estimate of drug-likeness (QED) is 0.430. The highest BCUT2D eigenvalue weighted by atomic mass is 16.5. The first-order chi connectivity index (χ1) is 7.24. The first-order valence-corrected chi connectivity index (χ1v) is 4.64. The Balaban J connectivity index is 2.45. The third kappa shape index (κ3) is 3.85. The van der Waals surface area contributed by atoms with Crippen LogP contribution in [0.1, 0.15) is 12.5 Å². The van der Waals surface area contributed by atoms with Gasteiger partial charge in [-0.25, -0.2) is 4.79 Å². The molecule has 3 heteroatoms. The molecule has 1 aromatic carbocycles. The van der Waals surface area contributed by atoms with E-state index in [0.717, 1.165) is 5.56 Å². The molecule has 0 fully saturated rings. The van der Waals surface area contributed by atoms with Gasteiger partial charge in [0, 0.05) is 0 Å². The van der Waals surface area contributed by atoms with E-state index in [1.54, 1.807) is 6.92 Å². The lowest BCUT2D eigenvalue weighted by molar-refractivity contribution is -0.140. The Bertz CT molecular complexity index is 341. The molecule has 0 N–H and O–H groups in total. The summed E-state index contributed by atoms with van der Waals surface area (Å²) in [5, 5.41) is 0. The summed E-state index contributed by atoms with van der Waals surface area (Å²) >= 11 is 0. The molecule has 0 spiro atoms. The molecule has 0 aromatic heterocycles. The molecule has 0 heterocycles. The van der Waals surface area contributed by atoms with Gasteiger partial charge in [-0.2, -0.15) is 0 Å². The van der Waals surface area contributed by atoms with E-state index in [1.165, 1.54) is 13.4 Å². The average molecular weight is 206 g/mol. The summed E-state index contributed by atoms with van der Waals surface area (Å²) in [6.45, 7) is 1.94. The van der Waals surface area contributed by atoms with Crippen LogP contribution in [0.4, 0.5) is 0 Å². The van der Waals surface area contributed by atoms with Crippen molar-refractivity contribution in [2.75, 3.05) is 7.11 Å². The minimum Gasteiger partial charge on any atom is -0.504 e. The Morgan fingerprint density at radius 2 is 2.00 bits per heavy atom. The first kappa shape index (κ1) is 11.3. The Morgan fingerprint density at radius 3 is 2.60 bits per heavy atom. The molecule has 0 saturated heterocycles. The standard InChI is InChI=1S/C12H14O3/c1-10(8-14-2)12(13)15-9-11-6-4-3-5-7-11/h3-8H,9H2,1-2H3. The Kier molecular flexibility index (Phi) is 4.41. The largest absolute Gasteiger partial charge is 0.504 e. The van der Waals surface area contributed by atoms with Gasteiger partial charge in [0.1, 0.15) is 6.61 Å². The fourth-order valence-electron chi connectivity index (χ4n) is 1.06. The molecule has 0 aliphatic heterocycles. The topological polar surface area (TPSA) is 35.5 Å². The molecule has 3 nitrogen and oxygen atoms in total. The monoisotopic (exact) mass is 206 g/mol. The van der Waals surface area contributed by atoms with Crippen molar-refractivity contribution in [3.63, 3.8) is 0 Å². The molecular formula is C12H14O3. The number of benzene rings is 1. The second-order valence-electron chi connectivity index (χ2n) is 3.10. The van der Waals surface area contributed by atoms with Gasteiger partial charge in [0.25, 0.3) is 0 Å². The second-order valence-corrected chi connectivity index (χ2v) is 3.10. The summed E-state index contributed by atoms with van der Waals surface area (Å²) in [6.07, 6.45) is 1.37. The second kappa shape index (κ2) is 5.86. The van der Waals surface area contributed by atoms with Gasteiger partial charge in [0.05, 0.1) is 18.9 Å². The lowest BCUT2D eigenvalue weighted by Crippen LogP contribution is -2.05. The number of methoxy groups -OCH3 is 1. The molecule has 0 atom stereocenters. The molecule has 1 rings (SSSR count). The van der Waals surface area contributed by atoms with Crippen LogP contribution in [0.3, 0.4) is 0 Å². The van der Waals surface area contributed by atoms with Crippen LogP contribution in [0.5, 0.6) is 0 Å². The van der Waals surface area contributed by atoms with Crippen LogP contribution in [-0.4, -0.2) is 13.1 Å². The maximum atomic E-state index is 11.3. The maximum Gasteiger partial charge on any atom is 0.337 e.